The molecule has 1 amide bonds. The predicted octanol–water partition coefficient (Wildman–Crippen LogP) is 4.56. The van der Waals surface area contributed by atoms with Crippen LogP contribution in [0.2, 0.25) is 0 Å². The van der Waals surface area contributed by atoms with Crippen LogP contribution < -0.4 is 0 Å². The maximum atomic E-state index is 13.4. The number of piperidine rings is 1. The molecule has 0 atom stereocenters. The van der Waals surface area contributed by atoms with E-state index in [0.717, 1.165) is 68.9 Å². The third-order valence-corrected chi connectivity index (χ3v) is 6.60. The number of benzene rings is 1. The van der Waals surface area contributed by atoms with Crippen LogP contribution in [0.1, 0.15) is 53.0 Å². The number of imidazole rings is 1. The molecule has 5 nitrogen and oxygen atoms in total. The van der Waals surface area contributed by atoms with Gasteiger partial charge in [-0.2, -0.15) is 0 Å². The van der Waals surface area contributed by atoms with E-state index in [1.807, 2.05) is 17.2 Å². The van der Waals surface area contributed by atoms with Gasteiger partial charge in [-0.3, -0.25) is 9.69 Å². The molecule has 160 valence electrons. The van der Waals surface area contributed by atoms with Gasteiger partial charge in [0.2, 0.25) is 0 Å². The lowest BCUT2D eigenvalue weighted by Crippen LogP contribution is -2.37. The normalized spacial score (nSPS) is 17.7. The Labute approximate surface area is 184 Å². The number of carbonyl (C=O) groups is 1. The van der Waals surface area contributed by atoms with Crippen LogP contribution in [0, 0.1) is 6.92 Å². The first kappa shape index (κ1) is 20.0. The van der Waals surface area contributed by atoms with Crippen molar-refractivity contribution in [3.63, 3.8) is 0 Å². The molecule has 4 heterocycles. The molecular formula is C26H30N4O. The zero-order valence-electron chi connectivity index (χ0n) is 18.3. The maximum Gasteiger partial charge on any atom is 0.274 e. The van der Waals surface area contributed by atoms with E-state index in [-0.39, 0.29) is 5.91 Å². The Hall–Kier alpha value is -2.92. The number of likely N-dealkylation sites (tertiary alicyclic amines) is 1. The number of pyridine rings is 1. The highest BCUT2D eigenvalue weighted by Crippen LogP contribution is 2.25. The third-order valence-electron chi connectivity index (χ3n) is 6.60. The van der Waals surface area contributed by atoms with Crippen molar-refractivity contribution in [2.75, 3.05) is 26.2 Å². The Kier molecular flexibility index (Phi) is 5.60. The molecule has 2 aliphatic rings. The number of carbonyl (C=O) groups excluding carboxylic acids is 1. The SMILES string of the molecule is Cc1cccn2c(CN3CC=C(c4ccccc4)CC3)c(C(=O)N3CCCCC3)nc12. The number of nitrogens with zero attached hydrogens (tertiary/aromatic N) is 4. The summed E-state index contributed by atoms with van der Waals surface area (Å²) >= 11 is 0. The second kappa shape index (κ2) is 8.67. The molecular weight excluding hydrogens is 384 g/mol. The van der Waals surface area contributed by atoms with Crippen molar-refractivity contribution in [2.45, 2.75) is 39.2 Å². The van der Waals surface area contributed by atoms with Crippen molar-refractivity contribution < 1.29 is 4.79 Å². The Morgan fingerprint density at radius 2 is 1.81 bits per heavy atom. The number of hydrogen-bond acceptors (Lipinski definition) is 3. The summed E-state index contributed by atoms with van der Waals surface area (Å²) in [6, 6.07) is 14.7. The van der Waals surface area contributed by atoms with Crippen molar-refractivity contribution in [2.24, 2.45) is 0 Å². The van der Waals surface area contributed by atoms with Crippen molar-refractivity contribution in [1.82, 2.24) is 19.2 Å². The smallest absolute Gasteiger partial charge is 0.274 e. The van der Waals surface area contributed by atoms with Gasteiger partial charge in [-0.05, 0) is 55.4 Å². The predicted molar refractivity (Wildman–Crippen MR) is 124 cm³/mol. The van der Waals surface area contributed by atoms with Crippen molar-refractivity contribution >= 4 is 17.1 Å². The lowest BCUT2D eigenvalue weighted by molar-refractivity contribution is 0.0716. The molecule has 1 saturated heterocycles. The maximum absolute atomic E-state index is 13.4. The van der Waals surface area contributed by atoms with E-state index < -0.39 is 0 Å². The minimum absolute atomic E-state index is 0.0929. The summed E-state index contributed by atoms with van der Waals surface area (Å²) in [7, 11) is 0. The van der Waals surface area contributed by atoms with E-state index in [1.54, 1.807) is 0 Å². The van der Waals surface area contributed by atoms with Gasteiger partial charge >= 0.3 is 0 Å². The molecule has 2 aliphatic heterocycles. The molecule has 5 rings (SSSR count). The number of rotatable bonds is 4. The molecule has 1 fully saturated rings. The van der Waals surface area contributed by atoms with Crippen molar-refractivity contribution in [3.05, 3.63) is 77.3 Å². The van der Waals surface area contributed by atoms with E-state index in [0.29, 0.717) is 5.69 Å². The van der Waals surface area contributed by atoms with Gasteiger partial charge < -0.3 is 9.30 Å². The summed E-state index contributed by atoms with van der Waals surface area (Å²) in [4.78, 5) is 22.7. The molecule has 0 aliphatic carbocycles. The highest BCUT2D eigenvalue weighted by molar-refractivity contribution is 5.94. The molecule has 0 N–H and O–H groups in total. The van der Waals surface area contributed by atoms with E-state index in [9.17, 15) is 4.79 Å². The lowest BCUT2D eigenvalue weighted by Gasteiger charge is -2.28. The van der Waals surface area contributed by atoms with Crippen LogP contribution in [-0.4, -0.2) is 51.3 Å². The van der Waals surface area contributed by atoms with Crippen LogP contribution in [0.4, 0.5) is 0 Å². The first-order valence-corrected chi connectivity index (χ1v) is 11.4. The average Bonchev–Trinajstić information content (AvgIpc) is 3.20. The van der Waals surface area contributed by atoms with Gasteiger partial charge in [0.1, 0.15) is 5.65 Å². The van der Waals surface area contributed by atoms with E-state index in [2.05, 4.69) is 58.7 Å². The fourth-order valence-electron chi connectivity index (χ4n) is 4.80. The van der Waals surface area contributed by atoms with E-state index in [1.165, 1.54) is 17.6 Å². The molecule has 0 saturated carbocycles. The van der Waals surface area contributed by atoms with E-state index >= 15 is 0 Å². The van der Waals surface area contributed by atoms with Crippen molar-refractivity contribution in [1.29, 1.82) is 0 Å². The first-order valence-electron chi connectivity index (χ1n) is 11.4. The number of aryl methyl sites for hydroxylation is 1. The summed E-state index contributed by atoms with van der Waals surface area (Å²) < 4.78 is 2.13. The quantitative estimate of drug-likeness (QED) is 0.628. The Morgan fingerprint density at radius 3 is 2.55 bits per heavy atom. The van der Waals surface area contributed by atoms with Gasteiger partial charge in [0.05, 0.1) is 5.69 Å². The van der Waals surface area contributed by atoms with Crippen LogP contribution in [-0.2, 0) is 6.54 Å². The van der Waals surface area contributed by atoms with Crippen LogP contribution in [0.15, 0.2) is 54.7 Å². The summed E-state index contributed by atoms with van der Waals surface area (Å²) in [5.41, 5.74) is 6.38. The largest absolute Gasteiger partial charge is 0.337 e. The summed E-state index contributed by atoms with van der Waals surface area (Å²) in [6.07, 6.45) is 8.80. The minimum atomic E-state index is 0.0929. The molecule has 2 aromatic heterocycles. The highest BCUT2D eigenvalue weighted by Gasteiger charge is 2.27. The van der Waals surface area contributed by atoms with E-state index in [4.69, 9.17) is 4.98 Å². The fourth-order valence-corrected chi connectivity index (χ4v) is 4.80. The minimum Gasteiger partial charge on any atom is -0.337 e. The zero-order valence-corrected chi connectivity index (χ0v) is 18.3. The summed E-state index contributed by atoms with van der Waals surface area (Å²) in [5.74, 6) is 0.0929. The number of hydrogen-bond donors (Lipinski definition) is 0. The second-order valence-electron chi connectivity index (χ2n) is 8.73. The first-order chi connectivity index (χ1) is 15.2. The number of amides is 1. The molecule has 0 bridgehead atoms. The van der Waals surface area contributed by atoms with Crippen LogP contribution in [0.25, 0.3) is 11.2 Å². The molecule has 0 spiro atoms. The average molecular weight is 415 g/mol. The number of aromatic nitrogens is 2. The zero-order chi connectivity index (χ0) is 21.2. The standard InChI is InChI=1S/C26H30N4O/c1-20-9-8-16-30-23(24(27-25(20)30)26(31)29-14-6-3-7-15-29)19-28-17-12-22(13-18-28)21-10-4-2-5-11-21/h2,4-5,8-12,16H,3,6-7,13-15,17-19H2,1H3. The van der Waals surface area contributed by atoms with Crippen LogP contribution in [0.3, 0.4) is 0 Å². The molecule has 1 aromatic carbocycles. The summed E-state index contributed by atoms with van der Waals surface area (Å²) in [6.45, 7) is 6.36. The van der Waals surface area contributed by atoms with Gasteiger partial charge in [-0.25, -0.2) is 4.98 Å². The Balaban J connectivity index is 1.43. The third kappa shape index (κ3) is 4.02. The lowest BCUT2D eigenvalue weighted by atomic mass is 9.99. The second-order valence-corrected chi connectivity index (χ2v) is 8.73. The number of fused-ring (bicyclic) bond motifs is 1. The molecule has 3 aromatic rings. The van der Waals surface area contributed by atoms with Gasteiger partial charge in [0.25, 0.3) is 5.91 Å². The highest BCUT2D eigenvalue weighted by atomic mass is 16.2. The fraction of sp³-hybridized carbons (Fsp3) is 0.385. The molecule has 5 heteroatoms. The van der Waals surface area contributed by atoms with Gasteiger partial charge in [0.15, 0.2) is 5.69 Å². The Bertz CT molecular complexity index is 1110. The molecule has 31 heavy (non-hydrogen) atoms. The summed E-state index contributed by atoms with van der Waals surface area (Å²) in [5, 5.41) is 0. The van der Waals surface area contributed by atoms with Crippen LogP contribution in [0.5, 0.6) is 0 Å². The van der Waals surface area contributed by atoms with Crippen molar-refractivity contribution in [3.8, 4) is 0 Å². The van der Waals surface area contributed by atoms with Gasteiger partial charge in [-0.1, -0.05) is 42.5 Å². The molecule has 0 radical (unpaired) electrons. The van der Waals surface area contributed by atoms with Crippen LogP contribution >= 0.6 is 0 Å². The monoisotopic (exact) mass is 414 g/mol. The molecule has 0 unspecified atom stereocenters. The van der Waals surface area contributed by atoms with Gasteiger partial charge in [-0.15, -0.1) is 0 Å². The topological polar surface area (TPSA) is 40.9 Å². The van der Waals surface area contributed by atoms with Gasteiger partial charge in [0, 0.05) is 38.9 Å². The Morgan fingerprint density at radius 1 is 1.00 bits per heavy atom.